The van der Waals surface area contributed by atoms with Gasteiger partial charge < -0.3 is 5.73 Å². The maximum atomic E-state index is 14.2. The second-order valence-corrected chi connectivity index (χ2v) is 7.42. The lowest BCUT2D eigenvalue weighted by molar-refractivity contribution is 0.187. The Balaban J connectivity index is 1.87. The second-order valence-electron chi connectivity index (χ2n) is 5.84. The largest absolute Gasteiger partial charge is 0.314 e. The van der Waals surface area contributed by atoms with Gasteiger partial charge in [-0.15, -0.1) is 11.8 Å². The maximum absolute atomic E-state index is 14.2. The molecule has 0 radical (unpaired) electrons. The number of rotatable bonds is 5. The van der Waals surface area contributed by atoms with Crippen LogP contribution >= 0.6 is 23.4 Å². The SMILES string of the molecule is C=C(Cl)/C=C\C=C(/F)C1SCN(CC2CCCCC2)C1N. The summed E-state index contributed by atoms with van der Waals surface area (Å²) in [5, 5.41) is 0.114. The number of nitrogens with zero attached hydrogens (tertiary/aromatic N) is 1. The summed E-state index contributed by atoms with van der Waals surface area (Å²) in [4.78, 5) is 2.23. The van der Waals surface area contributed by atoms with E-state index in [0.29, 0.717) is 5.03 Å². The number of thioether (sulfide) groups is 1. The molecule has 2 nitrogen and oxygen atoms in total. The van der Waals surface area contributed by atoms with Gasteiger partial charge in [-0.2, -0.15) is 0 Å². The highest BCUT2D eigenvalue weighted by Crippen LogP contribution is 2.34. The van der Waals surface area contributed by atoms with Crippen LogP contribution in [-0.4, -0.2) is 28.7 Å². The summed E-state index contributed by atoms with van der Waals surface area (Å²) in [6.07, 6.45) is 10.9. The van der Waals surface area contributed by atoms with Gasteiger partial charge in [0, 0.05) is 17.5 Å². The Hall–Kier alpha value is -0.290. The van der Waals surface area contributed by atoms with Gasteiger partial charge in [-0.25, -0.2) is 4.39 Å². The predicted molar refractivity (Wildman–Crippen MR) is 90.8 cm³/mol. The lowest BCUT2D eigenvalue weighted by Crippen LogP contribution is -2.45. The third kappa shape index (κ3) is 5.13. The molecule has 0 aromatic heterocycles. The van der Waals surface area contributed by atoms with Crippen molar-refractivity contribution in [1.29, 1.82) is 0 Å². The molecule has 2 N–H and O–H groups in total. The zero-order chi connectivity index (χ0) is 15.2. The van der Waals surface area contributed by atoms with E-state index in [4.69, 9.17) is 17.3 Å². The lowest BCUT2D eigenvalue weighted by atomic mass is 9.89. The fraction of sp³-hybridized carbons (Fsp3) is 0.625. The number of hydrogen-bond acceptors (Lipinski definition) is 3. The Kier molecular flexibility index (Phi) is 6.80. The highest BCUT2D eigenvalue weighted by atomic mass is 35.5. The standard InChI is InChI=1S/C16H24ClFN2S/c1-12(17)6-5-9-14(18)15-16(19)20(11-21-15)10-13-7-3-2-4-8-13/h5-6,9,13,15-16H,1-4,7-8,10-11,19H2/b6-5-,14-9-. The normalized spacial score (nSPS) is 29.4. The molecule has 0 aromatic carbocycles. The Morgan fingerprint density at radius 1 is 1.38 bits per heavy atom. The van der Waals surface area contributed by atoms with Gasteiger partial charge in [0.2, 0.25) is 0 Å². The van der Waals surface area contributed by atoms with E-state index in [1.54, 1.807) is 23.9 Å². The highest BCUT2D eigenvalue weighted by molar-refractivity contribution is 8.00. The molecule has 2 aliphatic rings. The summed E-state index contributed by atoms with van der Waals surface area (Å²) in [6, 6.07) is 0. The van der Waals surface area contributed by atoms with Crippen LogP contribution in [0.25, 0.3) is 0 Å². The van der Waals surface area contributed by atoms with Crippen molar-refractivity contribution >= 4 is 23.4 Å². The van der Waals surface area contributed by atoms with E-state index in [-0.39, 0.29) is 17.2 Å². The van der Waals surface area contributed by atoms with Crippen LogP contribution in [0.1, 0.15) is 32.1 Å². The van der Waals surface area contributed by atoms with Gasteiger partial charge in [0.1, 0.15) is 5.83 Å². The molecule has 0 aromatic rings. The predicted octanol–water partition coefficient (Wildman–Crippen LogP) is 4.39. The molecule has 2 fully saturated rings. The van der Waals surface area contributed by atoms with E-state index in [2.05, 4.69) is 11.5 Å². The molecule has 0 amide bonds. The fourth-order valence-corrected chi connectivity index (χ4v) is 4.32. The third-order valence-corrected chi connectivity index (χ3v) is 5.64. The summed E-state index contributed by atoms with van der Waals surface area (Å²) < 4.78 is 14.2. The molecule has 0 bridgehead atoms. The maximum Gasteiger partial charge on any atom is 0.116 e. The molecule has 5 heteroatoms. The molecule has 0 spiro atoms. The van der Waals surface area contributed by atoms with E-state index in [1.165, 1.54) is 38.2 Å². The minimum absolute atomic E-state index is 0.187. The highest BCUT2D eigenvalue weighted by Gasteiger charge is 2.35. The van der Waals surface area contributed by atoms with Crippen molar-refractivity contribution in [2.45, 2.75) is 43.5 Å². The van der Waals surface area contributed by atoms with Crippen LogP contribution in [0.5, 0.6) is 0 Å². The summed E-state index contributed by atoms with van der Waals surface area (Å²) in [7, 11) is 0. The Bertz CT molecular complexity index is 419. The van der Waals surface area contributed by atoms with Crippen LogP contribution < -0.4 is 5.73 Å². The van der Waals surface area contributed by atoms with Crippen molar-refractivity contribution in [2.75, 3.05) is 12.4 Å². The minimum atomic E-state index is -0.276. The number of nitrogens with two attached hydrogens (primary N) is 1. The average molecular weight is 331 g/mol. The molecule has 118 valence electrons. The molecule has 1 aliphatic heterocycles. The van der Waals surface area contributed by atoms with Crippen molar-refractivity contribution in [1.82, 2.24) is 4.90 Å². The quantitative estimate of drug-likeness (QED) is 0.758. The smallest absolute Gasteiger partial charge is 0.116 e. The fourth-order valence-electron chi connectivity index (χ4n) is 3.01. The van der Waals surface area contributed by atoms with Gasteiger partial charge in [0.05, 0.1) is 11.4 Å². The number of allylic oxidation sites excluding steroid dienone is 4. The minimum Gasteiger partial charge on any atom is -0.314 e. The van der Waals surface area contributed by atoms with Crippen molar-refractivity contribution in [3.05, 3.63) is 35.7 Å². The van der Waals surface area contributed by atoms with Gasteiger partial charge in [-0.1, -0.05) is 43.5 Å². The third-order valence-electron chi connectivity index (χ3n) is 4.17. The van der Waals surface area contributed by atoms with Gasteiger partial charge >= 0.3 is 0 Å². The van der Waals surface area contributed by atoms with Crippen LogP contribution in [0.4, 0.5) is 4.39 Å². The topological polar surface area (TPSA) is 29.3 Å². The van der Waals surface area contributed by atoms with E-state index in [0.717, 1.165) is 18.3 Å². The Labute approximate surface area is 136 Å². The van der Waals surface area contributed by atoms with Gasteiger partial charge in [0.15, 0.2) is 0 Å². The average Bonchev–Trinajstić information content (AvgIpc) is 2.81. The van der Waals surface area contributed by atoms with Crippen molar-refractivity contribution in [2.24, 2.45) is 11.7 Å². The molecule has 2 unspecified atom stereocenters. The molecular formula is C16H24ClFN2S. The second kappa shape index (κ2) is 8.37. The molecule has 2 atom stereocenters. The first kappa shape index (κ1) is 17.1. The molecule has 1 saturated heterocycles. The molecule has 1 heterocycles. The first-order valence-corrected chi connectivity index (χ1v) is 9.00. The lowest BCUT2D eigenvalue weighted by Gasteiger charge is -2.29. The summed E-state index contributed by atoms with van der Waals surface area (Å²) >= 11 is 7.19. The van der Waals surface area contributed by atoms with Gasteiger partial charge in [-0.3, -0.25) is 4.90 Å². The van der Waals surface area contributed by atoms with E-state index in [9.17, 15) is 4.39 Å². The van der Waals surface area contributed by atoms with Crippen LogP contribution in [0.3, 0.4) is 0 Å². The van der Waals surface area contributed by atoms with Crippen molar-refractivity contribution in [3.8, 4) is 0 Å². The van der Waals surface area contributed by atoms with Crippen LogP contribution in [-0.2, 0) is 0 Å². The van der Waals surface area contributed by atoms with Crippen LogP contribution in [0.2, 0.25) is 0 Å². The first-order valence-electron chi connectivity index (χ1n) is 7.57. The molecular weight excluding hydrogens is 307 g/mol. The Morgan fingerprint density at radius 2 is 2.10 bits per heavy atom. The molecule has 1 saturated carbocycles. The summed E-state index contributed by atoms with van der Waals surface area (Å²) in [5.74, 6) is 1.36. The zero-order valence-electron chi connectivity index (χ0n) is 12.3. The van der Waals surface area contributed by atoms with Crippen LogP contribution in [0.15, 0.2) is 35.7 Å². The zero-order valence-corrected chi connectivity index (χ0v) is 13.9. The summed E-state index contributed by atoms with van der Waals surface area (Å²) in [5.41, 5.74) is 6.23. The molecule has 2 rings (SSSR count). The number of halogens is 2. The monoisotopic (exact) mass is 330 g/mol. The first-order chi connectivity index (χ1) is 10.1. The Morgan fingerprint density at radius 3 is 2.76 bits per heavy atom. The van der Waals surface area contributed by atoms with Crippen molar-refractivity contribution < 1.29 is 4.39 Å². The van der Waals surface area contributed by atoms with Gasteiger partial charge in [0.25, 0.3) is 0 Å². The van der Waals surface area contributed by atoms with E-state index >= 15 is 0 Å². The van der Waals surface area contributed by atoms with Crippen molar-refractivity contribution in [3.63, 3.8) is 0 Å². The summed E-state index contributed by atoms with van der Waals surface area (Å²) in [6.45, 7) is 4.54. The van der Waals surface area contributed by atoms with Crippen LogP contribution in [0, 0.1) is 5.92 Å². The van der Waals surface area contributed by atoms with E-state index < -0.39 is 0 Å². The molecule has 21 heavy (non-hydrogen) atoms. The van der Waals surface area contributed by atoms with Gasteiger partial charge in [-0.05, 0) is 30.9 Å². The number of hydrogen-bond donors (Lipinski definition) is 1. The van der Waals surface area contributed by atoms with E-state index in [1.807, 2.05) is 0 Å². The molecule has 1 aliphatic carbocycles.